The van der Waals surface area contributed by atoms with Gasteiger partial charge in [-0.1, -0.05) is 30.0 Å². The van der Waals surface area contributed by atoms with Crippen molar-refractivity contribution in [3.8, 4) is 17.2 Å². The van der Waals surface area contributed by atoms with Crippen LogP contribution in [0.25, 0.3) is 6.08 Å². The van der Waals surface area contributed by atoms with Gasteiger partial charge in [0.1, 0.15) is 16.4 Å². The number of ether oxygens (including phenoxy) is 4. The molecule has 0 fully saturated rings. The van der Waals surface area contributed by atoms with E-state index >= 15 is 0 Å². The van der Waals surface area contributed by atoms with Crippen LogP contribution < -0.4 is 14.2 Å². The number of aliphatic hydroxyl groups is 1. The molecule has 1 aliphatic heterocycles. The topological polar surface area (TPSA) is 86.6 Å². The van der Waals surface area contributed by atoms with Crippen molar-refractivity contribution >= 4 is 34.5 Å². The number of hydrogen-bond acceptors (Lipinski definition) is 8. The van der Waals surface area contributed by atoms with Gasteiger partial charge < -0.3 is 24.1 Å². The Labute approximate surface area is 185 Å². The minimum atomic E-state index is -0.634. The van der Waals surface area contributed by atoms with Gasteiger partial charge >= 0.3 is 5.97 Å². The average Bonchev–Trinajstić information content (AvgIpc) is 3.08. The van der Waals surface area contributed by atoms with Gasteiger partial charge in [-0.25, -0.2) is 9.79 Å². The molecule has 162 valence electrons. The van der Waals surface area contributed by atoms with Crippen LogP contribution in [0, 0.1) is 0 Å². The van der Waals surface area contributed by atoms with Crippen molar-refractivity contribution in [3.63, 3.8) is 0 Å². The van der Waals surface area contributed by atoms with E-state index in [1.807, 2.05) is 30.3 Å². The maximum atomic E-state index is 12.5. The Morgan fingerprint density at radius 3 is 2.35 bits per heavy atom. The molecular formula is C23H23NO6S. The number of esters is 1. The molecule has 0 aliphatic carbocycles. The molecule has 0 radical (unpaired) electrons. The second-order valence-electron chi connectivity index (χ2n) is 6.23. The average molecular weight is 442 g/mol. The molecule has 0 saturated carbocycles. The smallest absolute Gasteiger partial charge is 0.344 e. The maximum absolute atomic E-state index is 12.5. The highest BCUT2D eigenvalue weighted by atomic mass is 32.2. The van der Waals surface area contributed by atoms with Crippen molar-refractivity contribution in [2.75, 3.05) is 27.9 Å². The molecule has 0 bridgehead atoms. The van der Waals surface area contributed by atoms with E-state index < -0.39 is 5.97 Å². The predicted molar refractivity (Wildman–Crippen MR) is 121 cm³/mol. The molecule has 7 nitrogen and oxygen atoms in total. The molecule has 1 heterocycles. The summed E-state index contributed by atoms with van der Waals surface area (Å²) in [6.07, 6.45) is 1.70. The Hall–Kier alpha value is -3.39. The highest BCUT2D eigenvalue weighted by Crippen LogP contribution is 2.44. The van der Waals surface area contributed by atoms with Gasteiger partial charge in [-0.05, 0) is 37.3 Å². The van der Waals surface area contributed by atoms with Gasteiger partial charge in [0.05, 0.1) is 38.5 Å². The summed E-state index contributed by atoms with van der Waals surface area (Å²) < 4.78 is 21.4. The highest BCUT2D eigenvalue weighted by Gasteiger charge is 2.33. The third-order valence-electron chi connectivity index (χ3n) is 4.38. The Kier molecular flexibility index (Phi) is 7.25. The Morgan fingerprint density at radius 1 is 1.03 bits per heavy atom. The first-order valence-electron chi connectivity index (χ1n) is 9.47. The summed E-state index contributed by atoms with van der Waals surface area (Å²) in [5, 5.41) is 11.2. The Morgan fingerprint density at radius 2 is 1.74 bits per heavy atom. The molecule has 0 spiro atoms. The van der Waals surface area contributed by atoms with E-state index in [1.54, 1.807) is 25.1 Å². The number of carbonyl (C=O) groups excluding carboxylic acids is 1. The SMILES string of the molecule is CCOC(=O)C1=C(O)C(=Cc2ccc(OC)c(OC)c2OC)SC1=Nc1ccccc1. The van der Waals surface area contributed by atoms with Crippen LogP contribution in [0.15, 0.2) is 63.7 Å². The molecule has 2 aromatic rings. The molecule has 0 saturated heterocycles. The predicted octanol–water partition coefficient (Wildman–Crippen LogP) is 4.91. The summed E-state index contributed by atoms with van der Waals surface area (Å²) >= 11 is 1.17. The number of benzene rings is 2. The van der Waals surface area contributed by atoms with Crippen LogP contribution in [-0.4, -0.2) is 44.1 Å². The van der Waals surface area contributed by atoms with Gasteiger partial charge in [0.2, 0.25) is 5.75 Å². The fraction of sp³-hybridized carbons (Fsp3) is 0.217. The molecule has 31 heavy (non-hydrogen) atoms. The van der Waals surface area contributed by atoms with Gasteiger partial charge in [0, 0.05) is 5.56 Å². The van der Waals surface area contributed by atoms with Crippen LogP contribution >= 0.6 is 11.8 Å². The lowest BCUT2D eigenvalue weighted by molar-refractivity contribution is -0.138. The lowest BCUT2D eigenvalue weighted by Crippen LogP contribution is -2.12. The fourth-order valence-electron chi connectivity index (χ4n) is 2.99. The Balaban J connectivity index is 2.11. The van der Waals surface area contributed by atoms with E-state index in [0.717, 1.165) is 0 Å². The number of aliphatic hydroxyl groups excluding tert-OH is 1. The molecule has 0 atom stereocenters. The molecule has 0 amide bonds. The minimum Gasteiger partial charge on any atom is -0.506 e. The first-order chi connectivity index (χ1) is 15.0. The molecular weight excluding hydrogens is 418 g/mol. The zero-order valence-corrected chi connectivity index (χ0v) is 18.5. The summed E-state index contributed by atoms with van der Waals surface area (Å²) in [4.78, 5) is 17.5. The number of aliphatic imine (C=N–C) groups is 1. The lowest BCUT2D eigenvalue weighted by atomic mass is 10.1. The van der Waals surface area contributed by atoms with E-state index in [2.05, 4.69) is 4.99 Å². The molecule has 1 aliphatic rings. The van der Waals surface area contributed by atoms with Crippen molar-refractivity contribution < 1.29 is 28.8 Å². The van der Waals surface area contributed by atoms with Gasteiger partial charge in [-0.2, -0.15) is 0 Å². The number of thioether (sulfide) groups is 1. The van der Waals surface area contributed by atoms with E-state index in [0.29, 0.717) is 38.4 Å². The van der Waals surface area contributed by atoms with Gasteiger partial charge in [0.25, 0.3) is 0 Å². The number of para-hydroxylation sites is 1. The third kappa shape index (κ3) is 4.69. The van der Waals surface area contributed by atoms with E-state index in [1.165, 1.54) is 33.1 Å². The summed E-state index contributed by atoms with van der Waals surface area (Å²) in [5.74, 6) is 0.544. The molecule has 0 aromatic heterocycles. The standard InChI is InChI=1S/C23H23NO6S/c1-5-30-23(26)18-19(25)17(31-22(18)24-15-9-7-6-8-10-15)13-14-11-12-16(27-2)21(29-4)20(14)28-3/h6-13,25H,5H2,1-4H3. The second kappa shape index (κ2) is 10.1. The maximum Gasteiger partial charge on any atom is 0.344 e. The van der Waals surface area contributed by atoms with Gasteiger partial charge in [0.15, 0.2) is 11.5 Å². The summed E-state index contributed by atoms with van der Waals surface area (Å²) in [6.45, 7) is 1.89. The van der Waals surface area contributed by atoms with Crippen molar-refractivity contribution in [3.05, 3.63) is 64.3 Å². The number of hydrogen-bond donors (Lipinski definition) is 1. The number of carbonyl (C=O) groups is 1. The largest absolute Gasteiger partial charge is 0.506 e. The van der Waals surface area contributed by atoms with Crippen LogP contribution in [0.3, 0.4) is 0 Å². The van der Waals surface area contributed by atoms with Crippen LogP contribution in [0.4, 0.5) is 5.69 Å². The molecule has 8 heteroatoms. The van der Waals surface area contributed by atoms with E-state index in [9.17, 15) is 9.90 Å². The summed E-state index contributed by atoms with van der Waals surface area (Å²) in [6, 6.07) is 12.7. The number of methoxy groups -OCH3 is 3. The minimum absolute atomic E-state index is 0.0291. The number of rotatable bonds is 7. The van der Waals surface area contributed by atoms with E-state index in [4.69, 9.17) is 18.9 Å². The molecule has 0 unspecified atom stereocenters. The van der Waals surface area contributed by atoms with Gasteiger partial charge in [-0.3, -0.25) is 0 Å². The van der Waals surface area contributed by atoms with Crippen LogP contribution in [-0.2, 0) is 9.53 Å². The van der Waals surface area contributed by atoms with Crippen molar-refractivity contribution in [1.82, 2.24) is 0 Å². The molecule has 2 aromatic carbocycles. The summed E-state index contributed by atoms with van der Waals surface area (Å²) in [7, 11) is 4.57. The van der Waals surface area contributed by atoms with E-state index in [-0.39, 0.29) is 17.9 Å². The van der Waals surface area contributed by atoms with Crippen LogP contribution in [0.5, 0.6) is 17.2 Å². The first kappa shape index (κ1) is 22.3. The zero-order chi connectivity index (χ0) is 22.4. The zero-order valence-electron chi connectivity index (χ0n) is 17.7. The highest BCUT2D eigenvalue weighted by molar-refractivity contribution is 8.18. The van der Waals surface area contributed by atoms with Crippen LogP contribution in [0.2, 0.25) is 0 Å². The second-order valence-corrected chi connectivity index (χ2v) is 7.26. The van der Waals surface area contributed by atoms with Gasteiger partial charge in [-0.15, -0.1) is 0 Å². The van der Waals surface area contributed by atoms with Crippen molar-refractivity contribution in [2.45, 2.75) is 6.92 Å². The van der Waals surface area contributed by atoms with Crippen LogP contribution in [0.1, 0.15) is 12.5 Å². The number of nitrogens with zero attached hydrogens (tertiary/aromatic N) is 1. The first-order valence-corrected chi connectivity index (χ1v) is 10.3. The molecule has 3 rings (SSSR count). The fourth-order valence-corrected chi connectivity index (χ4v) is 4.02. The van der Waals surface area contributed by atoms with Crippen molar-refractivity contribution in [2.24, 2.45) is 4.99 Å². The lowest BCUT2D eigenvalue weighted by Gasteiger charge is -2.14. The monoisotopic (exact) mass is 441 g/mol. The Bertz CT molecular complexity index is 1060. The normalized spacial score (nSPS) is 16.0. The summed E-state index contributed by atoms with van der Waals surface area (Å²) in [5.41, 5.74) is 1.32. The third-order valence-corrected chi connectivity index (χ3v) is 5.40. The quantitative estimate of drug-likeness (QED) is 0.611. The molecule has 1 N–H and O–H groups in total. The van der Waals surface area contributed by atoms with Crippen molar-refractivity contribution in [1.29, 1.82) is 0 Å².